The van der Waals surface area contributed by atoms with E-state index in [-0.39, 0.29) is 31.4 Å². The molecule has 0 radical (unpaired) electrons. The molecule has 1 aliphatic rings. The molecule has 3 aromatic carbocycles. The van der Waals surface area contributed by atoms with Gasteiger partial charge in [-0.1, -0.05) is 68.4 Å². The molecule has 2 amide bonds. The molecular weight excluding hydrogens is 444 g/mol. The summed E-state index contributed by atoms with van der Waals surface area (Å²) in [4.78, 5) is 36.1. The molecule has 0 aromatic heterocycles. The third kappa shape index (κ3) is 5.69. The Hall–Kier alpha value is -4.13. The summed E-state index contributed by atoms with van der Waals surface area (Å²) in [7, 11) is 0. The summed E-state index contributed by atoms with van der Waals surface area (Å²) < 4.78 is 5.57. The molecule has 0 spiro atoms. The summed E-state index contributed by atoms with van der Waals surface area (Å²) in [6.45, 7) is 3.95. The number of benzene rings is 3. The van der Waals surface area contributed by atoms with Gasteiger partial charge in [0, 0.05) is 23.7 Å². The molecule has 1 aliphatic carbocycles. The summed E-state index contributed by atoms with van der Waals surface area (Å²) in [5.41, 5.74) is 4.77. The minimum atomic E-state index is -0.918. The van der Waals surface area contributed by atoms with Gasteiger partial charge in [0.1, 0.15) is 6.61 Å². The van der Waals surface area contributed by atoms with Gasteiger partial charge in [-0.2, -0.15) is 0 Å². The fourth-order valence-electron chi connectivity index (χ4n) is 4.38. The van der Waals surface area contributed by atoms with Gasteiger partial charge in [0.05, 0.1) is 6.42 Å². The van der Waals surface area contributed by atoms with E-state index in [1.165, 1.54) is 0 Å². The van der Waals surface area contributed by atoms with Crippen LogP contribution >= 0.6 is 0 Å². The molecule has 0 aliphatic heterocycles. The Kier molecular flexibility index (Phi) is 6.87. The van der Waals surface area contributed by atoms with Crippen LogP contribution in [0.15, 0.2) is 72.8 Å². The van der Waals surface area contributed by atoms with E-state index in [0.717, 1.165) is 22.3 Å². The first-order chi connectivity index (χ1) is 16.7. The number of amides is 2. The number of nitrogens with one attached hydrogen (secondary N) is 2. The Balaban J connectivity index is 1.36. The van der Waals surface area contributed by atoms with Crippen molar-refractivity contribution in [1.29, 1.82) is 0 Å². The number of aliphatic carboxylic acids is 1. The van der Waals surface area contributed by atoms with Gasteiger partial charge < -0.3 is 15.2 Å². The van der Waals surface area contributed by atoms with Gasteiger partial charge in [-0.05, 0) is 45.9 Å². The van der Waals surface area contributed by atoms with Crippen LogP contribution in [-0.4, -0.2) is 36.2 Å². The quantitative estimate of drug-likeness (QED) is 0.414. The monoisotopic (exact) mass is 472 g/mol. The lowest BCUT2D eigenvalue weighted by Gasteiger charge is -2.22. The molecule has 35 heavy (non-hydrogen) atoms. The second kappa shape index (κ2) is 10.0. The van der Waals surface area contributed by atoms with Crippen molar-refractivity contribution in [1.82, 2.24) is 5.32 Å². The molecule has 0 fully saturated rings. The number of fused-ring (bicyclic) bond motifs is 3. The van der Waals surface area contributed by atoms with Gasteiger partial charge in [0.25, 0.3) is 5.91 Å². The van der Waals surface area contributed by atoms with Crippen molar-refractivity contribution in [2.45, 2.75) is 26.2 Å². The van der Waals surface area contributed by atoms with E-state index in [1.54, 1.807) is 38.1 Å². The second-order valence-corrected chi connectivity index (χ2v) is 9.45. The fourth-order valence-corrected chi connectivity index (χ4v) is 4.38. The maximum absolute atomic E-state index is 12.5. The summed E-state index contributed by atoms with van der Waals surface area (Å²) in [5.74, 6) is -1.31. The third-order valence-corrected chi connectivity index (χ3v) is 6.07. The van der Waals surface area contributed by atoms with Crippen LogP contribution in [0.1, 0.15) is 47.7 Å². The SMILES string of the molecule is CC(C)(CNC(=O)c1cccc(NC(=O)OCC2c3ccccc3-c3ccccc32)c1)CC(=O)O. The van der Waals surface area contributed by atoms with Gasteiger partial charge in [-0.15, -0.1) is 0 Å². The number of carboxylic acid groups (broad SMARTS) is 1. The van der Waals surface area contributed by atoms with Crippen LogP contribution in [-0.2, 0) is 9.53 Å². The molecule has 7 nitrogen and oxygen atoms in total. The minimum absolute atomic E-state index is 0.0422. The zero-order valence-corrected chi connectivity index (χ0v) is 19.7. The average molecular weight is 473 g/mol. The van der Waals surface area contributed by atoms with Gasteiger partial charge in [-0.3, -0.25) is 14.9 Å². The molecule has 180 valence electrons. The zero-order chi connectivity index (χ0) is 25.0. The Morgan fingerprint density at radius 3 is 2.17 bits per heavy atom. The number of rotatable bonds is 8. The van der Waals surface area contributed by atoms with Crippen molar-refractivity contribution in [2.75, 3.05) is 18.5 Å². The Morgan fingerprint density at radius 2 is 1.54 bits per heavy atom. The molecule has 0 heterocycles. The standard InChI is InChI=1S/C28H28N2O5/c1-28(2,15-25(31)32)17-29-26(33)18-8-7-9-19(14-18)30-27(34)35-16-24-22-12-5-3-10-20(22)21-11-4-6-13-23(21)24/h3-14,24H,15-17H2,1-2H3,(H,29,33)(H,30,34)(H,31,32). The molecule has 7 heteroatoms. The lowest BCUT2D eigenvalue weighted by Crippen LogP contribution is -2.35. The Morgan fingerprint density at radius 1 is 0.914 bits per heavy atom. The first kappa shape index (κ1) is 24.0. The van der Waals surface area contributed by atoms with Crippen molar-refractivity contribution in [2.24, 2.45) is 5.41 Å². The van der Waals surface area contributed by atoms with E-state index in [9.17, 15) is 14.4 Å². The van der Waals surface area contributed by atoms with Crippen LogP contribution in [0.3, 0.4) is 0 Å². The van der Waals surface area contributed by atoms with E-state index in [2.05, 4.69) is 34.9 Å². The number of carbonyl (C=O) groups excluding carboxylic acids is 2. The van der Waals surface area contributed by atoms with Crippen molar-refractivity contribution < 1.29 is 24.2 Å². The van der Waals surface area contributed by atoms with Crippen molar-refractivity contribution in [3.8, 4) is 11.1 Å². The van der Waals surface area contributed by atoms with E-state index in [1.807, 2.05) is 24.3 Å². The molecule has 0 bridgehead atoms. The second-order valence-electron chi connectivity index (χ2n) is 9.45. The molecule has 0 atom stereocenters. The highest BCUT2D eigenvalue weighted by Crippen LogP contribution is 2.44. The maximum atomic E-state index is 12.5. The van der Waals surface area contributed by atoms with Crippen LogP contribution in [0.2, 0.25) is 0 Å². The highest BCUT2D eigenvalue weighted by molar-refractivity contribution is 5.96. The number of hydrogen-bond donors (Lipinski definition) is 3. The highest BCUT2D eigenvalue weighted by Gasteiger charge is 2.29. The summed E-state index contributed by atoms with van der Waals surface area (Å²) >= 11 is 0. The van der Waals surface area contributed by atoms with Gasteiger partial charge >= 0.3 is 12.1 Å². The van der Waals surface area contributed by atoms with E-state index >= 15 is 0 Å². The first-order valence-electron chi connectivity index (χ1n) is 11.5. The van der Waals surface area contributed by atoms with Crippen LogP contribution < -0.4 is 10.6 Å². The number of ether oxygens (including phenoxy) is 1. The maximum Gasteiger partial charge on any atom is 0.411 e. The third-order valence-electron chi connectivity index (χ3n) is 6.07. The van der Waals surface area contributed by atoms with E-state index in [4.69, 9.17) is 9.84 Å². The molecule has 3 N–H and O–H groups in total. The lowest BCUT2D eigenvalue weighted by molar-refractivity contribution is -0.139. The first-order valence-corrected chi connectivity index (χ1v) is 11.5. The number of carboxylic acids is 1. The predicted molar refractivity (Wildman–Crippen MR) is 134 cm³/mol. The van der Waals surface area contributed by atoms with Crippen molar-refractivity contribution >= 4 is 23.7 Å². The number of hydrogen-bond acceptors (Lipinski definition) is 4. The zero-order valence-electron chi connectivity index (χ0n) is 19.7. The molecular formula is C28H28N2O5. The fraction of sp³-hybridized carbons (Fsp3) is 0.250. The number of anilines is 1. The molecule has 3 aromatic rings. The van der Waals surface area contributed by atoms with Crippen molar-refractivity contribution in [3.05, 3.63) is 89.5 Å². The predicted octanol–water partition coefficient (Wildman–Crippen LogP) is 5.28. The van der Waals surface area contributed by atoms with Crippen LogP contribution in [0.4, 0.5) is 10.5 Å². The minimum Gasteiger partial charge on any atom is -0.481 e. The van der Waals surface area contributed by atoms with E-state index in [0.29, 0.717) is 11.3 Å². The smallest absolute Gasteiger partial charge is 0.411 e. The van der Waals surface area contributed by atoms with Gasteiger partial charge in [0.2, 0.25) is 0 Å². The van der Waals surface area contributed by atoms with Crippen molar-refractivity contribution in [3.63, 3.8) is 0 Å². The van der Waals surface area contributed by atoms with Crippen LogP contribution in [0, 0.1) is 5.41 Å². The van der Waals surface area contributed by atoms with Gasteiger partial charge in [-0.25, -0.2) is 4.79 Å². The largest absolute Gasteiger partial charge is 0.481 e. The summed E-state index contributed by atoms with van der Waals surface area (Å²) in [6, 6.07) is 22.8. The molecule has 0 saturated carbocycles. The van der Waals surface area contributed by atoms with Crippen LogP contribution in [0.5, 0.6) is 0 Å². The topological polar surface area (TPSA) is 105 Å². The molecule has 4 rings (SSSR count). The Bertz CT molecular complexity index is 1220. The molecule has 0 unspecified atom stereocenters. The highest BCUT2D eigenvalue weighted by atomic mass is 16.5. The Labute approximate surface area is 204 Å². The normalized spacial score (nSPS) is 12.4. The molecule has 0 saturated heterocycles. The summed E-state index contributed by atoms with van der Waals surface area (Å²) in [6.07, 6.45) is -0.663. The van der Waals surface area contributed by atoms with Gasteiger partial charge in [0.15, 0.2) is 0 Å². The number of carbonyl (C=O) groups is 3. The average Bonchev–Trinajstić information content (AvgIpc) is 3.14. The van der Waals surface area contributed by atoms with Crippen LogP contribution in [0.25, 0.3) is 11.1 Å². The summed E-state index contributed by atoms with van der Waals surface area (Å²) in [5, 5.41) is 14.4. The van der Waals surface area contributed by atoms with E-state index < -0.39 is 17.5 Å². The lowest BCUT2D eigenvalue weighted by atomic mass is 9.89.